The minimum absolute atomic E-state index is 0.130. The maximum absolute atomic E-state index is 5.79. The number of hydrogen-bond acceptors (Lipinski definition) is 4. The zero-order valence-corrected chi connectivity index (χ0v) is 14.1. The summed E-state index contributed by atoms with van der Waals surface area (Å²) in [7, 11) is 0. The van der Waals surface area contributed by atoms with E-state index in [-0.39, 0.29) is 5.54 Å². The van der Waals surface area contributed by atoms with Crippen molar-refractivity contribution in [3.05, 3.63) is 27.5 Å². The van der Waals surface area contributed by atoms with Gasteiger partial charge in [-0.15, -0.1) is 11.3 Å². The lowest BCUT2D eigenvalue weighted by molar-refractivity contribution is 0.412. The normalized spacial score (nSPS) is 12.1. The first-order valence-electron chi connectivity index (χ1n) is 6.31. The second-order valence-corrected chi connectivity index (χ2v) is 7.98. The molecule has 5 heteroatoms. The van der Waals surface area contributed by atoms with Crippen molar-refractivity contribution in [1.29, 1.82) is 0 Å². The molecule has 2 rings (SSSR count). The predicted molar refractivity (Wildman–Crippen MR) is 83.7 cm³/mol. The summed E-state index contributed by atoms with van der Waals surface area (Å²) in [4.78, 5) is 5.45. The van der Waals surface area contributed by atoms with Gasteiger partial charge in [-0.25, -0.2) is 4.98 Å². The molecule has 0 unspecified atom stereocenters. The van der Waals surface area contributed by atoms with E-state index >= 15 is 0 Å². The molecule has 0 saturated heterocycles. The van der Waals surface area contributed by atoms with Gasteiger partial charge in [0.15, 0.2) is 11.7 Å². The second kappa shape index (κ2) is 5.77. The van der Waals surface area contributed by atoms with Crippen molar-refractivity contribution < 1.29 is 4.42 Å². The third-order valence-electron chi connectivity index (χ3n) is 2.65. The number of nitrogens with one attached hydrogen (secondary N) is 1. The molecule has 0 aliphatic carbocycles. The summed E-state index contributed by atoms with van der Waals surface area (Å²) in [5, 5.41) is 3.43. The molecule has 2 aromatic rings. The number of aryl methyl sites for hydroxylation is 1. The Hall–Kier alpha value is -0.650. The molecule has 3 nitrogen and oxygen atoms in total. The average molecular weight is 343 g/mol. The number of oxazole rings is 1. The van der Waals surface area contributed by atoms with E-state index in [1.54, 1.807) is 11.3 Å². The van der Waals surface area contributed by atoms with Crippen LogP contribution < -0.4 is 5.32 Å². The smallest absolute Gasteiger partial charge is 0.196 e. The fourth-order valence-corrected chi connectivity index (χ4v) is 3.15. The van der Waals surface area contributed by atoms with Crippen molar-refractivity contribution in [2.24, 2.45) is 0 Å². The molecule has 2 heterocycles. The van der Waals surface area contributed by atoms with Crippen LogP contribution in [0.5, 0.6) is 0 Å². The highest BCUT2D eigenvalue weighted by Gasteiger charge is 2.12. The van der Waals surface area contributed by atoms with Crippen LogP contribution >= 0.6 is 27.3 Å². The summed E-state index contributed by atoms with van der Waals surface area (Å²) in [6.45, 7) is 9.41. The Morgan fingerprint density at radius 1 is 1.42 bits per heavy atom. The first-order chi connectivity index (χ1) is 8.85. The number of thiophene rings is 1. The van der Waals surface area contributed by atoms with Crippen molar-refractivity contribution in [2.45, 2.75) is 39.7 Å². The van der Waals surface area contributed by atoms with Gasteiger partial charge < -0.3 is 9.73 Å². The lowest BCUT2D eigenvalue weighted by atomic mass is 10.1. The van der Waals surface area contributed by atoms with Crippen molar-refractivity contribution >= 4 is 27.3 Å². The SMILES string of the molecule is Cc1cc(-c2cnc(CCNC(C)(C)C)o2)sc1Br. The Balaban J connectivity index is 1.99. The van der Waals surface area contributed by atoms with Crippen LogP contribution in [0.2, 0.25) is 0 Å². The van der Waals surface area contributed by atoms with Gasteiger partial charge >= 0.3 is 0 Å². The Kier molecular flexibility index (Phi) is 4.48. The molecule has 0 bridgehead atoms. The van der Waals surface area contributed by atoms with E-state index in [9.17, 15) is 0 Å². The molecule has 104 valence electrons. The zero-order valence-electron chi connectivity index (χ0n) is 11.7. The van der Waals surface area contributed by atoms with Gasteiger partial charge in [0.05, 0.1) is 14.9 Å². The number of hydrogen-bond donors (Lipinski definition) is 1. The van der Waals surface area contributed by atoms with Crippen LogP contribution in [0.15, 0.2) is 20.5 Å². The van der Waals surface area contributed by atoms with Crippen LogP contribution in [-0.4, -0.2) is 17.1 Å². The molecular weight excluding hydrogens is 324 g/mol. The number of aromatic nitrogens is 1. The third-order valence-corrected chi connectivity index (χ3v) is 4.80. The summed E-state index contributed by atoms with van der Waals surface area (Å²) >= 11 is 5.21. The van der Waals surface area contributed by atoms with Crippen molar-refractivity contribution in [3.63, 3.8) is 0 Å². The highest BCUT2D eigenvalue weighted by molar-refractivity contribution is 9.11. The van der Waals surface area contributed by atoms with Crippen LogP contribution in [0.3, 0.4) is 0 Å². The molecule has 0 spiro atoms. The topological polar surface area (TPSA) is 38.1 Å². The Bertz CT molecular complexity index is 535. The zero-order chi connectivity index (χ0) is 14.0. The molecule has 0 aliphatic rings. The highest BCUT2D eigenvalue weighted by atomic mass is 79.9. The third kappa shape index (κ3) is 4.16. The van der Waals surface area contributed by atoms with E-state index in [1.165, 1.54) is 5.56 Å². The van der Waals surface area contributed by atoms with E-state index in [0.29, 0.717) is 0 Å². The highest BCUT2D eigenvalue weighted by Crippen LogP contribution is 2.34. The monoisotopic (exact) mass is 342 g/mol. The minimum Gasteiger partial charge on any atom is -0.440 e. The lowest BCUT2D eigenvalue weighted by Crippen LogP contribution is -2.37. The van der Waals surface area contributed by atoms with Gasteiger partial charge in [0.1, 0.15) is 0 Å². The van der Waals surface area contributed by atoms with Gasteiger partial charge in [-0.1, -0.05) is 0 Å². The van der Waals surface area contributed by atoms with E-state index in [2.05, 4.69) is 60.0 Å². The average Bonchev–Trinajstić information content (AvgIpc) is 2.85. The van der Waals surface area contributed by atoms with E-state index < -0.39 is 0 Å². The Morgan fingerprint density at radius 2 is 2.16 bits per heavy atom. The summed E-state index contributed by atoms with van der Waals surface area (Å²) in [6.07, 6.45) is 2.62. The first-order valence-corrected chi connectivity index (χ1v) is 7.92. The molecule has 0 aliphatic heterocycles. The summed E-state index contributed by atoms with van der Waals surface area (Å²) in [5.74, 6) is 1.64. The molecule has 0 fully saturated rings. The molecule has 1 N–H and O–H groups in total. The first kappa shape index (κ1) is 14.8. The molecule has 2 aromatic heterocycles. The summed E-state index contributed by atoms with van der Waals surface area (Å²) in [6, 6.07) is 2.12. The van der Waals surface area contributed by atoms with Crippen LogP contribution in [0, 0.1) is 6.92 Å². The summed E-state index contributed by atoms with van der Waals surface area (Å²) < 4.78 is 6.94. The molecule has 0 amide bonds. The van der Waals surface area contributed by atoms with Crippen LogP contribution in [0.4, 0.5) is 0 Å². The van der Waals surface area contributed by atoms with Gasteiger partial charge in [-0.3, -0.25) is 0 Å². The fraction of sp³-hybridized carbons (Fsp3) is 0.500. The largest absolute Gasteiger partial charge is 0.440 e. The van der Waals surface area contributed by atoms with Crippen LogP contribution in [0.1, 0.15) is 32.2 Å². The maximum atomic E-state index is 5.79. The molecule has 0 saturated carbocycles. The van der Waals surface area contributed by atoms with Crippen molar-refractivity contribution in [3.8, 4) is 10.6 Å². The molecular formula is C14H19BrN2OS. The van der Waals surface area contributed by atoms with E-state index in [4.69, 9.17) is 4.42 Å². The summed E-state index contributed by atoms with van der Waals surface area (Å²) in [5.41, 5.74) is 1.36. The molecule has 19 heavy (non-hydrogen) atoms. The van der Waals surface area contributed by atoms with Crippen LogP contribution in [0.25, 0.3) is 10.6 Å². The minimum atomic E-state index is 0.130. The lowest BCUT2D eigenvalue weighted by Gasteiger charge is -2.19. The number of rotatable bonds is 4. The van der Waals surface area contributed by atoms with Gasteiger partial charge in [0.25, 0.3) is 0 Å². The molecule has 0 radical (unpaired) electrons. The molecule has 0 atom stereocenters. The predicted octanol–water partition coefficient (Wildman–Crippen LogP) is 4.40. The van der Waals surface area contributed by atoms with Crippen molar-refractivity contribution in [1.82, 2.24) is 10.3 Å². The number of halogens is 1. The Morgan fingerprint density at radius 3 is 2.74 bits per heavy atom. The maximum Gasteiger partial charge on any atom is 0.196 e. The van der Waals surface area contributed by atoms with Gasteiger partial charge in [-0.05, 0) is 55.3 Å². The standard InChI is InChI=1S/C14H19BrN2OS/c1-9-7-11(19-13(9)15)10-8-16-12(18-10)5-6-17-14(2,3)4/h7-8,17H,5-6H2,1-4H3. The quantitative estimate of drug-likeness (QED) is 0.894. The van der Waals surface area contributed by atoms with Gasteiger partial charge in [-0.2, -0.15) is 0 Å². The molecule has 0 aromatic carbocycles. The van der Waals surface area contributed by atoms with Crippen LogP contribution in [-0.2, 0) is 6.42 Å². The van der Waals surface area contributed by atoms with E-state index in [1.807, 2.05) is 6.20 Å². The second-order valence-electron chi connectivity index (χ2n) is 5.61. The van der Waals surface area contributed by atoms with E-state index in [0.717, 1.165) is 33.3 Å². The van der Waals surface area contributed by atoms with Crippen molar-refractivity contribution in [2.75, 3.05) is 6.54 Å². The number of nitrogens with zero attached hydrogens (tertiary/aromatic N) is 1. The van der Waals surface area contributed by atoms with Gasteiger partial charge in [0.2, 0.25) is 0 Å². The van der Waals surface area contributed by atoms with Gasteiger partial charge in [0, 0.05) is 18.5 Å². The Labute approximate surface area is 126 Å². The fourth-order valence-electron chi connectivity index (χ4n) is 1.67.